The third-order valence-electron chi connectivity index (χ3n) is 2.33. The van der Waals surface area contributed by atoms with Crippen LogP contribution in [0.1, 0.15) is 16.1 Å². The maximum Gasteiger partial charge on any atom is 0.251 e. The lowest BCUT2D eigenvalue weighted by Crippen LogP contribution is -2.25. The van der Waals surface area contributed by atoms with Crippen LogP contribution in [0.25, 0.3) is 0 Å². The van der Waals surface area contributed by atoms with Crippen LogP contribution in [0, 0.1) is 0 Å². The number of benzene rings is 1. The van der Waals surface area contributed by atoms with Gasteiger partial charge in [0.05, 0.1) is 15.7 Å². The average Bonchev–Trinajstić information content (AvgIpc) is 2.85. The van der Waals surface area contributed by atoms with E-state index in [1.165, 1.54) is 12.5 Å². The van der Waals surface area contributed by atoms with E-state index in [0.29, 0.717) is 28.6 Å². The van der Waals surface area contributed by atoms with Crippen molar-refractivity contribution in [1.82, 2.24) is 10.3 Å². The summed E-state index contributed by atoms with van der Waals surface area (Å²) in [6, 6.07) is 4.76. The van der Waals surface area contributed by atoms with Crippen LogP contribution in [0.4, 0.5) is 0 Å². The first-order chi connectivity index (χ1) is 8.66. The summed E-state index contributed by atoms with van der Waals surface area (Å²) in [4.78, 5) is 15.7. The van der Waals surface area contributed by atoms with Gasteiger partial charge in [0.2, 0.25) is 0 Å². The number of nitrogens with zero attached hydrogens (tertiary/aromatic N) is 1. The summed E-state index contributed by atoms with van der Waals surface area (Å²) in [7, 11) is 0. The first-order valence-corrected chi connectivity index (χ1v) is 6.03. The molecule has 18 heavy (non-hydrogen) atoms. The lowest BCUT2D eigenvalue weighted by atomic mass is 10.2. The summed E-state index contributed by atoms with van der Waals surface area (Å²) in [5.74, 6) is -0.197. The second kappa shape index (κ2) is 5.89. The largest absolute Gasteiger partial charge is 0.451 e. The van der Waals surface area contributed by atoms with Crippen LogP contribution in [-0.2, 0) is 6.42 Å². The Morgan fingerprint density at radius 1 is 1.33 bits per heavy atom. The number of halogens is 2. The maximum absolute atomic E-state index is 11.8. The Labute approximate surface area is 114 Å². The Balaban J connectivity index is 1.89. The Hall–Kier alpha value is -1.52. The SMILES string of the molecule is O=C(NCCc1cocn1)c1ccc(Cl)c(Cl)c1. The molecule has 0 aliphatic carbocycles. The molecule has 2 aromatic rings. The highest BCUT2D eigenvalue weighted by Crippen LogP contribution is 2.22. The molecule has 1 amide bonds. The van der Waals surface area contributed by atoms with Gasteiger partial charge in [0, 0.05) is 18.5 Å². The number of amides is 1. The van der Waals surface area contributed by atoms with Crippen LogP contribution in [0.5, 0.6) is 0 Å². The van der Waals surface area contributed by atoms with Crippen LogP contribution >= 0.6 is 23.2 Å². The van der Waals surface area contributed by atoms with E-state index in [2.05, 4.69) is 10.3 Å². The molecule has 6 heteroatoms. The molecular weight excluding hydrogens is 275 g/mol. The molecule has 0 saturated heterocycles. The van der Waals surface area contributed by atoms with Crippen LogP contribution in [0.3, 0.4) is 0 Å². The summed E-state index contributed by atoms with van der Waals surface area (Å²) in [6.07, 6.45) is 3.52. The normalized spacial score (nSPS) is 10.3. The molecule has 0 saturated carbocycles. The van der Waals surface area contributed by atoms with Crippen molar-refractivity contribution >= 4 is 29.1 Å². The minimum absolute atomic E-state index is 0.197. The summed E-state index contributed by atoms with van der Waals surface area (Å²) >= 11 is 11.6. The smallest absolute Gasteiger partial charge is 0.251 e. The minimum Gasteiger partial charge on any atom is -0.451 e. The zero-order chi connectivity index (χ0) is 13.0. The highest BCUT2D eigenvalue weighted by molar-refractivity contribution is 6.42. The van der Waals surface area contributed by atoms with Gasteiger partial charge in [-0.05, 0) is 18.2 Å². The van der Waals surface area contributed by atoms with Gasteiger partial charge in [-0.1, -0.05) is 23.2 Å². The molecule has 0 unspecified atom stereocenters. The van der Waals surface area contributed by atoms with Crippen molar-refractivity contribution in [3.05, 3.63) is 52.2 Å². The van der Waals surface area contributed by atoms with Gasteiger partial charge in [-0.3, -0.25) is 4.79 Å². The third kappa shape index (κ3) is 3.24. The Bertz CT molecular complexity index is 541. The molecule has 1 heterocycles. The van der Waals surface area contributed by atoms with Gasteiger partial charge in [-0.25, -0.2) is 4.98 Å². The van der Waals surface area contributed by atoms with E-state index < -0.39 is 0 Å². The summed E-state index contributed by atoms with van der Waals surface area (Å²) < 4.78 is 4.83. The van der Waals surface area contributed by atoms with Crippen LogP contribution in [0.15, 0.2) is 35.3 Å². The second-order valence-corrected chi connectivity index (χ2v) is 4.43. The number of carbonyl (C=O) groups is 1. The lowest BCUT2D eigenvalue weighted by Gasteiger charge is -2.05. The van der Waals surface area contributed by atoms with Crippen LogP contribution in [0.2, 0.25) is 10.0 Å². The van der Waals surface area contributed by atoms with Crippen molar-refractivity contribution in [2.75, 3.05) is 6.54 Å². The molecule has 0 fully saturated rings. The van der Waals surface area contributed by atoms with Crippen molar-refractivity contribution in [2.24, 2.45) is 0 Å². The fraction of sp³-hybridized carbons (Fsp3) is 0.167. The molecular formula is C12H10Cl2N2O2. The molecule has 0 aliphatic rings. The molecule has 94 valence electrons. The van der Waals surface area contributed by atoms with E-state index >= 15 is 0 Å². The van der Waals surface area contributed by atoms with Gasteiger partial charge in [-0.15, -0.1) is 0 Å². The number of hydrogen-bond acceptors (Lipinski definition) is 3. The molecule has 1 N–H and O–H groups in total. The molecule has 1 aromatic carbocycles. The molecule has 1 aromatic heterocycles. The van der Waals surface area contributed by atoms with Crippen LogP contribution < -0.4 is 5.32 Å². The minimum atomic E-state index is -0.197. The lowest BCUT2D eigenvalue weighted by molar-refractivity contribution is 0.0954. The maximum atomic E-state index is 11.8. The quantitative estimate of drug-likeness (QED) is 0.939. The summed E-state index contributed by atoms with van der Waals surface area (Å²) in [6.45, 7) is 0.478. The van der Waals surface area contributed by atoms with Crippen molar-refractivity contribution in [3.63, 3.8) is 0 Å². The fourth-order valence-electron chi connectivity index (χ4n) is 1.40. The van der Waals surface area contributed by atoms with Gasteiger partial charge in [0.25, 0.3) is 5.91 Å². The Morgan fingerprint density at radius 2 is 2.17 bits per heavy atom. The van der Waals surface area contributed by atoms with E-state index in [9.17, 15) is 4.79 Å². The number of nitrogens with one attached hydrogen (secondary N) is 1. The number of hydrogen-bond donors (Lipinski definition) is 1. The highest BCUT2D eigenvalue weighted by Gasteiger charge is 2.07. The Morgan fingerprint density at radius 3 is 2.83 bits per heavy atom. The van der Waals surface area contributed by atoms with E-state index in [-0.39, 0.29) is 5.91 Å². The average molecular weight is 285 g/mol. The molecule has 0 bridgehead atoms. The van der Waals surface area contributed by atoms with Gasteiger partial charge >= 0.3 is 0 Å². The Kier molecular flexibility index (Phi) is 4.23. The summed E-state index contributed by atoms with van der Waals surface area (Å²) in [5.41, 5.74) is 1.27. The monoisotopic (exact) mass is 284 g/mol. The standard InChI is InChI=1S/C12H10Cl2N2O2/c13-10-2-1-8(5-11(10)14)12(17)15-4-3-9-6-18-7-16-9/h1-2,5-7H,3-4H2,(H,15,17). The second-order valence-electron chi connectivity index (χ2n) is 3.61. The molecule has 0 radical (unpaired) electrons. The topological polar surface area (TPSA) is 55.1 Å². The van der Waals surface area contributed by atoms with E-state index in [1.807, 2.05) is 0 Å². The van der Waals surface area contributed by atoms with Gasteiger partial charge < -0.3 is 9.73 Å². The fourth-order valence-corrected chi connectivity index (χ4v) is 1.70. The predicted molar refractivity (Wildman–Crippen MR) is 69.0 cm³/mol. The number of aromatic nitrogens is 1. The zero-order valence-corrected chi connectivity index (χ0v) is 10.8. The predicted octanol–water partition coefficient (Wildman–Crippen LogP) is 2.95. The van der Waals surface area contributed by atoms with Crippen molar-refractivity contribution in [2.45, 2.75) is 6.42 Å². The van der Waals surface area contributed by atoms with Gasteiger partial charge in [-0.2, -0.15) is 0 Å². The molecule has 0 atom stereocenters. The van der Waals surface area contributed by atoms with Gasteiger partial charge in [0.15, 0.2) is 6.39 Å². The van der Waals surface area contributed by atoms with Crippen molar-refractivity contribution < 1.29 is 9.21 Å². The zero-order valence-electron chi connectivity index (χ0n) is 9.32. The molecule has 0 spiro atoms. The van der Waals surface area contributed by atoms with E-state index in [4.69, 9.17) is 27.6 Å². The number of rotatable bonds is 4. The van der Waals surface area contributed by atoms with Crippen LogP contribution in [-0.4, -0.2) is 17.4 Å². The van der Waals surface area contributed by atoms with Crippen molar-refractivity contribution in [1.29, 1.82) is 0 Å². The summed E-state index contributed by atoms with van der Waals surface area (Å²) in [5, 5.41) is 3.55. The number of carbonyl (C=O) groups excluding carboxylic acids is 1. The van der Waals surface area contributed by atoms with E-state index in [1.54, 1.807) is 18.4 Å². The first kappa shape index (κ1) is 12.9. The van der Waals surface area contributed by atoms with Crippen molar-refractivity contribution in [3.8, 4) is 0 Å². The van der Waals surface area contributed by atoms with E-state index in [0.717, 1.165) is 5.69 Å². The molecule has 0 aliphatic heterocycles. The number of oxazole rings is 1. The highest BCUT2D eigenvalue weighted by atomic mass is 35.5. The third-order valence-corrected chi connectivity index (χ3v) is 3.07. The van der Waals surface area contributed by atoms with Gasteiger partial charge in [0.1, 0.15) is 6.26 Å². The first-order valence-electron chi connectivity index (χ1n) is 5.27. The molecule has 2 rings (SSSR count). The molecule has 4 nitrogen and oxygen atoms in total.